The first kappa shape index (κ1) is 17.4. The molecule has 1 aromatic rings. The maximum Gasteiger partial charge on any atom is 0.254 e. The summed E-state index contributed by atoms with van der Waals surface area (Å²) in [5.74, 6) is -1.34. The van der Waals surface area contributed by atoms with Gasteiger partial charge in [-0.1, -0.05) is 26.0 Å². The molecule has 1 aliphatic heterocycles. The molecule has 1 saturated heterocycles. The van der Waals surface area contributed by atoms with Crippen molar-refractivity contribution in [2.45, 2.75) is 32.9 Å². The molecule has 2 unspecified atom stereocenters. The van der Waals surface area contributed by atoms with Gasteiger partial charge in [0.1, 0.15) is 11.9 Å². The number of benzene rings is 1. The van der Waals surface area contributed by atoms with E-state index in [1.165, 1.54) is 18.2 Å². The fraction of sp³-hybridized carbons (Fsp3) is 0.529. The van der Waals surface area contributed by atoms with Gasteiger partial charge in [0.25, 0.3) is 5.91 Å². The fourth-order valence-corrected chi connectivity index (χ4v) is 2.71. The largest absolute Gasteiger partial charge is 0.340 e. The summed E-state index contributed by atoms with van der Waals surface area (Å²) in [6.07, 6.45) is 0. The molecular weight excluding hydrogens is 297 g/mol. The molecule has 6 heteroatoms. The Labute approximate surface area is 136 Å². The molecule has 0 bridgehead atoms. The van der Waals surface area contributed by atoms with Crippen molar-refractivity contribution in [3.05, 3.63) is 35.6 Å². The van der Waals surface area contributed by atoms with Gasteiger partial charge in [0, 0.05) is 25.7 Å². The summed E-state index contributed by atoms with van der Waals surface area (Å²) >= 11 is 0. The van der Waals surface area contributed by atoms with E-state index in [2.05, 4.69) is 10.6 Å². The average molecular weight is 321 g/mol. The number of hydrogen-bond donors (Lipinski definition) is 2. The van der Waals surface area contributed by atoms with E-state index >= 15 is 0 Å². The van der Waals surface area contributed by atoms with E-state index in [1.807, 2.05) is 20.8 Å². The minimum absolute atomic E-state index is 0.0420. The van der Waals surface area contributed by atoms with E-state index in [0.29, 0.717) is 13.1 Å². The van der Waals surface area contributed by atoms with Crippen molar-refractivity contribution in [1.29, 1.82) is 0 Å². The number of rotatable bonds is 4. The first-order chi connectivity index (χ1) is 10.9. The third kappa shape index (κ3) is 4.28. The molecular formula is C17H24FN3O2. The Balaban J connectivity index is 2.11. The van der Waals surface area contributed by atoms with Gasteiger partial charge >= 0.3 is 0 Å². The smallest absolute Gasteiger partial charge is 0.254 e. The number of piperazine rings is 1. The van der Waals surface area contributed by atoms with Crippen LogP contribution in [0, 0.1) is 11.7 Å². The van der Waals surface area contributed by atoms with Crippen molar-refractivity contribution in [3.8, 4) is 0 Å². The van der Waals surface area contributed by atoms with Crippen molar-refractivity contribution < 1.29 is 14.0 Å². The number of carbonyl (C=O) groups excluding carboxylic acids is 2. The van der Waals surface area contributed by atoms with E-state index in [9.17, 15) is 14.0 Å². The molecule has 2 rings (SSSR count). The van der Waals surface area contributed by atoms with E-state index in [1.54, 1.807) is 11.0 Å². The summed E-state index contributed by atoms with van der Waals surface area (Å²) in [5, 5.41) is 5.97. The molecule has 1 fully saturated rings. The summed E-state index contributed by atoms with van der Waals surface area (Å²) in [4.78, 5) is 26.8. The van der Waals surface area contributed by atoms with Crippen LogP contribution < -0.4 is 10.6 Å². The van der Waals surface area contributed by atoms with Gasteiger partial charge < -0.3 is 15.5 Å². The van der Waals surface area contributed by atoms with Gasteiger partial charge in [-0.05, 0) is 25.0 Å². The number of hydrogen-bond acceptors (Lipinski definition) is 3. The molecule has 126 valence electrons. The lowest BCUT2D eigenvalue weighted by Crippen LogP contribution is -2.58. The SMILES string of the molecule is CC1CN(C(=O)C(NC(=O)c2ccccc2F)C(C)C)CCN1. The van der Waals surface area contributed by atoms with Gasteiger partial charge in [-0.3, -0.25) is 9.59 Å². The highest BCUT2D eigenvalue weighted by Crippen LogP contribution is 2.12. The molecule has 1 heterocycles. The standard InChI is InChI=1S/C17H24FN3O2/c1-11(2)15(17(23)21-9-8-19-12(3)10-21)20-16(22)13-6-4-5-7-14(13)18/h4-7,11-12,15,19H,8-10H2,1-3H3,(H,20,22). The molecule has 23 heavy (non-hydrogen) atoms. The van der Waals surface area contributed by atoms with Crippen LogP contribution in [0.2, 0.25) is 0 Å². The summed E-state index contributed by atoms with van der Waals surface area (Å²) in [7, 11) is 0. The Morgan fingerprint density at radius 3 is 2.65 bits per heavy atom. The number of nitrogens with one attached hydrogen (secondary N) is 2. The zero-order chi connectivity index (χ0) is 17.0. The monoisotopic (exact) mass is 321 g/mol. The Hall–Kier alpha value is -1.95. The first-order valence-electron chi connectivity index (χ1n) is 7.97. The Bertz CT molecular complexity index is 577. The number of halogens is 1. The molecule has 2 amide bonds. The predicted octanol–water partition coefficient (Wildman–Crippen LogP) is 1.40. The van der Waals surface area contributed by atoms with Crippen LogP contribution in [-0.4, -0.2) is 48.4 Å². The molecule has 0 aromatic heterocycles. The van der Waals surface area contributed by atoms with Crippen LogP contribution in [0.15, 0.2) is 24.3 Å². The van der Waals surface area contributed by atoms with Crippen molar-refractivity contribution in [3.63, 3.8) is 0 Å². The lowest BCUT2D eigenvalue weighted by molar-refractivity contribution is -0.135. The molecule has 0 saturated carbocycles. The van der Waals surface area contributed by atoms with Gasteiger partial charge in [0.2, 0.25) is 5.91 Å². The van der Waals surface area contributed by atoms with E-state index in [4.69, 9.17) is 0 Å². The molecule has 2 atom stereocenters. The molecule has 1 aliphatic rings. The third-order valence-electron chi connectivity index (χ3n) is 4.02. The van der Waals surface area contributed by atoms with Gasteiger partial charge in [-0.25, -0.2) is 4.39 Å². The summed E-state index contributed by atoms with van der Waals surface area (Å²) in [5.41, 5.74) is -0.0420. The third-order valence-corrected chi connectivity index (χ3v) is 4.02. The second-order valence-corrected chi connectivity index (χ2v) is 6.31. The Kier molecular flexibility index (Phi) is 5.71. The van der Waals surface area contributed by atoms with Gasteiger partial charge in [-0.15, -0.1) is 0 Å². The van der Waals surface area contributed by atoms with Crippen LogP contribution in [-0.2, 0) is 4.79 Å². The normalized spacial score (nSPS) is 19.5. The van der Waals surface area contributed by atoms with E-state index in [0.717, 1.165) is 6.54 Å². The molecule has 0 aliphatic carbocycles. The summed E-state index contributed by atoms with van der Waals surface area (Å²) in [6, 6.07) is 5.34. The van der Waals surface area contributed by atoms with Crippen molar-refractivity contribution in [2.24, 2.45) is 5.92 Å². The topological polar surface area (TPSA) is 61.4 Å². The molecule has 0 spiro atoms. The highest BCUT2D eigenvalue weighted by Gasteiger charge is 2.31. The maximum absolute atomic E-state index is 13.7. The Morgan fingerprint density at radius 1 is 1.35 bits per heavy atom. The lowest BCUT2D eigenvalue weighted by atomic mass is 10.0. The zero-order valence-electron chi connectivity index (χ0n) is 13.8. The molecule has 2 N–H and O–H groups in total. The second kappa shape index (κ2) is 7.55. The molecule has 0 radical (unpaired) electrons. The van der Waals surface area contributed by atoms with Crippen molar-refractivity contribution >= 4 is 11.8 Å². The van der Waals surface area contributed by atoms with E-state index < -0.39 is 17.8 Å². The van der Waals surface area contributed by atoms with Crippen LogP contribution >= 0.6 is 0 Å². The van der Waals surface area contributed by atoms with Gasteiger partial charge in [0.15, 0.2) is 0 Å². The number of nitrogens with zero attached hydrogens (tertiary/aromatic N) is 1. The second-order valence-electron chi connectivity index (χ2n) is 6.31. The summed E-state index contributed by atoms with van der Waals surface area (Å²) in [6.45, 7) is 7.71. The lowest BCUT2D eigenvalue weighted by Gasteiger charge is -2.35. The maximum atomic E-state index is 13.7. The minimum Gasteiger partial charge on any atom is -0.340 e. The molecule has 5 nitrogen and oxygen atoms in total. The van der Waals surface area contributed by atoms with Gasteiger partial charge in [-0.2, -0.15) is 0 Å². The Morgan fingerprint density at radius 2 is 2.04 bits per heavy atom. The quantitative estimate of drug-likeness (QED) is 0.881. The molecule has 1 aromatic carbocycles. The minimum atomic E-state index is -0.660. The first-order valence-corrected chi connectivity index (χ1v) is 7.97. The predicted molar refractivity (Wildman–Crippen MR) is 86.5 cm³/mol. The van der Waals surface area contributed by atoms with Crippen LogP contribution in [0.4, 0.5) is 4.39 Å². The zero-order valence-corrected chi connectivity index (χ0v) is 13.8. The van der Waals surface area contributed by atoms with Crippen molar-refractivity contribution in [1.82, 2.24) is 15.5 Å². The number of amides is 2. The highest BCUT2D eigenvalue weighted by molar-refractivity contribution is 5.97. The highest BCUT2D eigenvalue weighted by atomic mass is 19.1. The number of carbonyl (C=O) groups is 2. The fourth-order valence-electron chi connectivity index (χ4n) is 2.71. The summed E-state index contributed by atoms with van der Waals surface area (Å²) < 4.78 is 13.7. The van der Waals surface area contributed by atoms with Gasteiger partial charge in [0.05, 0.1) is 5.56 Å². The average Bonchev–Trinajstić information content (AvgIpc) is 2.52. The van der Waals surface area contributed by atoms with Crippen LogP contribution in [0.25, 0.3) is 0 Å². The van der Waals surface area contributed by atoms with Crippen LogP contribution in [0.3, 0.4) is 0 Å². The van der Waals surface area contributed by atoms with Crippen LogP contribution in [0.1, 0.15) is 31.1 Å². The van der Waals surface area contributed by atoms with Crippen LogP contribution in [0.5, 0.6) is 0 Å². The van der Waals surface area contributed by atoms with E-state index in [-0.39, 0.29) is 23.4 Å². The van der Waals surface area contributed by atoms with Crippen molar-refractivity contribution in [2.75, 3.05) is 19.6 Å².